The maximum atomic E-state index is 12.1. The number of benzene rings is 1. The van der Waals surface area contributed by atoms with Gasteiger partial charge in [-0.2, -0.15) is 4.98 Å². The number of aromatic nitrogens is 1. The van der Waals surface area contributed by atoms with Gasteiger partial charge in [-0.15, -0.1) is 0 Å². The number of hydrogen-bond donors (Lipinski definition) is 1. The van der Waals surface area contributed by atoms with Crippen LogP contribution in [0.5, 0.6) is 11.5 Å². The van der Waals surface area contributed by atoms with Crippen molar-refractivity contribution < 1.29 is 23.4 Å². The van der Waals surface area contributed by atoms with Gasteiger partial charge in [0.15, 0.2) is 11.5 Å². The zero-order chi connectivity index (χ0) is 17.0. The second kappa shape index (κ2) is 6.99. The lowest BCUT2D eigenvalue weighted by Crippen LogP contribution is -2.29. The van der Waals surface area contributed by atoms with E-state index >= 15 is 0 Å². The van der Waals surface area contributed by atoms with Gasteiger partial charge in [-0.25, -0.2) is 9.59 Å². The summed E-state index contributed by atoms with van der Waals surface area (Å²) in [5.74, 6) is 0.266. The SMILES string of the molecule is CCOC(=O)[C@H](C)Nc1nc2c(OC)c(OC)ccc2c(=O)o1. The number of rotatable bonds is 6. The Morgan fingerprint density at radius 2 is 2.09 bits per heavy atom. The van der Waals surface area contributed by atoms with Crippen molar-refractivity contribution in [2.24, 2.45) is 0 Å². The Balaban J connectivity index is 2.47. The average Bonchev–Trinajstić information content (AvgIpc) is 2.53. The Labute approximate surface area is 132 Å². The third-order valence-electron chi connectivity index (χ3n) is 3.12. The highest BCUT2D eigenvalue weighted by molar-refractivity contribution is 5.87. The molecular formula is C15H18N2O6. The van der Waals surface area contributed by atoms with E-state index in [1.165, 1.54) is 20.3 Å². The molecule has 2 rings (SSSR count). The third kappa shape index (κ3) is 3.36. The first-order valence-electron chi connectivity index (χ1n) is 7.00. The quantitative estimate of drug-likeness (QED) is 0.800. The maximum Gasteiger partial charge on any atom is 0.348 e. The number of carbonyl (C=O) groups excluding carboxylic acids is 1. The van der Waals surface area contributed by atoms with Crippen LogP contribution in [-0.2, 0) is 9.53 Å². The molecule has 0 unspecified atom stereocenters. The molecule has 0 radical (unpaired) electrons. The minimum atomic E-state index is -0.723. The van der Waals surface area contributed by atoms with Gasteiger partial charge in [-0.3, -0.25) is 0 Å². The van der Waals surface area contributed by atoms with Gasteiger partial charge in [0.2, 0.25) is 0 Å². The molecule has 0 saturated carbocycles. The standard InChI is InChI=1S/C15H18N2O6/c1-5-22-13(18)8(2)16-15-17-11-9(14(19)23-15)6-7-10(20-3)12(11)21-4/h6-8H,5H2,1-4H3,(H,16,17)/t8-/m0/s1. The number of carbonyl (C=O) groups is 1. The molecule has 23 heavy (non-hydrogen) atoms. The van der Waals surface area contributed by atoms with Crippen LogP contribution >= 0.6 is 0 Å². The number of methoxy groups -OCH3 is 2. The molecule has 1 N–H and O–H groups in total. The van der Waals surface area contributed by atoms with Crippen LogP contribution in [0, 0.1) is 0 Å². The number of anilines is 1. The molecule has 0 saturated heterocycles. The fourth-order valence-corrected chi connectivity index (χ4v) is 2.03. The maximum absolute atomic E-state index is 12.1. The number of hydrogen-bond acceptors (Lipinski definition) is 8. The highest BCUT2D eigenvalue weighted by atomic mass is 16.5. The smallest absolute Gasteiger partial charge is 0.348 e. The zero-order valence-electron chi connectivity index (χ0n) is 13.3. The van der Waals surface area contributed by atoms with Gasteiger partial charge in [0.05, 0.1) is 26.2 Å². The Morgan fingerprint density at radius 1 is 1.35 bits per heavy atom. The fraction of sp³-hybridized carbons (Fsp3) is 0.400. The van der Waals surface area contributed by atoms with Crippen molar-refractivity contribution >= 4 is 22.9 Å². The summed E-state index contributed by atoms with van der Waals surface area (Å²) in [7, 11) is 2.93. The van der Waals surface area contributed by atoms with E-state index in [0.29, 0.717) is 11.5 Å². The molecule has 8 heteroatoms. The van der Waals surface area contributed by atoms with Crippen LogP contribution in [0.2, 0.25) is 0 Å². The van der Waals surface area contributed by atoms with Crippen LogP contribution in [0.4, 0.5) is 6.01 Å². The molecule has 1 aromatic heterocycles. The monoisotopic (exact) mass is 322 g/mol. The molecule has 0 aliphatic rings. The van der Waals surface area contributed by atoms with Crippen molar-refractivity contribution in [1.82, 2.24) is 4.98 Å². The lowest BCUT2D eigenvalue weighted by atomic mass is 10.2. The Bertz CT molecular complexity index is 770. The van der Waals surface area contributed by atoms with Crippen molar-refractivity contribution in [3.8, 4) is 11.5 Å². The van der Waals surface area contributed by atoms with Crippen LogP contribution in [0.25, 0.3) is 10.9 Å². The normalized spacial score (nSPS) is 11.8. The second-order valence-electron chi connectivity index (χ2n) is 4.62. The summed E-state index contributed by atoms with van der Waals surface area (Å²) in [5, 5.41) is 2.95. The summed E-state index contributed by atoms with van der Waals surface area (Å²) in [6, 6.07) is 2.30. The molecule has 0 spiro atoms. The van der Waals surface area contributed by atoms with Gasteiger partial charge in [0.25, 0.3) is 6.01 Å². The largest absolute Gasteiger partial charge is 0.493 e. The highest BCUT2D eigenvalue weighted by Gasteiger charge is 2.19. The van der Waals surface area contributed by atoms with Crippen molar-refractivity contribution in [3.63, 3.8) is 0 Å². The Hall–Kier alpha value is -2.77. The number of nitrogens with one attached hydrogen (secondary N) is 1. The number of nitrogens with zero attached hydrogens (tertiary/aromatic N) is 1. The predicted molar refractivity (Wildman–Crippen MR) is 83.1 cm³/mol. The molecule has 1 atom stereocenters. The van der Waals surface area contributed by atoms with E-state index in [4.69, 9.17) is 18.6 Å². The van der Waals surface area contributed by atoms with Gasteiger partial charge < -0.3 is 23.9 Å². The highest BCUT2D eigenvalue weighted by Crippen LogP contribution is 2.33. The van der Waals surface area contributed by atoms with E-state index in [1.807, 2.05) is 0 Å². The second-order valence-corrected chi connectivity index (χ2v) is 4.62. The summed E-state index contributed by atoms with van der Waals surface area (Å²) in [5.41, 5.74) is -0.323. The Morgan fingerprint density at radius 3 is 2.70 bits per heavy atom. The van der Waals surface area contributed by atoms with Crippen molar-refractivity contribution in [2.45, 2.75) is 19.9 Å². The first-order valence-corrected chi connectivity index (χ1v) is 7.00. The van der Waals surface area contributed by atoms with E-state index in [-0.39, 0.29) is 23.5 Å². The third-order valence-corrected chi connectivity index (χ3v) is 3.12. The molecule has 8 nitrogen and oxygen atoms in total. The molecule has 1 aromatic carbocycles. The van der Waals surface area contributed by atoms with Crippen LogP contribution in [0.3, 0.4) is 0 Å². The van der Waals surface area contributed by atoms with Gasteiger partial charge in [-0.05, 0) is 26.0 Å². The van der Waals surface area contributed by atoms with E-state index in [9.17, 15) is 9.59 Å². The van der Waals surface area contributed by atoms with Crippen LogP contribution in [0.1, 0.15) is 13.8 Å². The summed E-state index contributed by atoms with van der Waals surface area (Å²) in [6.45, 7) is 3.54. The van der Waals surface area contributed by atoms with Crippen molar-refractivity contribution in [1.29, 1.82) is 0 Å². The van der Waals surface area contributed by atoms with E-state index in [1.54, 1.807) is 19.9 Å². The predicted octanol–water partition coefficient (Wildman–Crippen LogP) is 1.57. The molecule has 0 aliphatic heterocycles. The zero-order valence-corrected chi connectivity index (χ0v) is 13.3. The molecule has 124 valence electrons. The Kier molecular flexibility index (Phi) is 5.05. The topological polar surface area (TPSA) is 99.9 Å². The first-order chi connectivity index (χ1) is 11.0. The van der Waals surface area contributed by atoms with E-state index in [2.05, 4.69) is 10.3 Å². The van der Waals surface area contributed by atoms with Gasteiger partial charge >= 0.3 is 11.6 Å². The van der Waals surface area contributed by atoms with E-state index in [0.717, 1.165) is 0 Å². The minimum Gasteiger partial charge on any atom is -0.493 e. The molecule has 0 aliphatic carbocycles. The summed E-state index contributed by atoms with van der Waals surface area (Å²) in [6.07, 6.45) is 0. The number of fused-ring (bicyclic) bond motifs is 1. The lowest BCUT2D eigenvalue weighted by Gasteiger charge is -2.13. The van der Waals surface area contributed by atoms with Crippen LogP contribution in [0.15, 0.2) is 21.3 Å². The fourth-order valence-electron chi connectivity index (χ4n) is 2.03. The number of ether oxygens (including phenoxy) is 3. The minimum absolute atomic E-state index is 0.102. The molecular weight excluding hydrogens is 304 g/mol. The van der Waals surface area contributed by atoms with Crippen molar-refractivity contribution in [3.05, 3.63) is 22.6 Å². The average molecular weight is 322 g/mol. The van der Waals surface area contributed by atoms with Gasteiger partial charge in [0, 0.05) is 0 Å². The van der Waals surface area contributed by atoms with Crippen LogP contribution in [-0.4, -0.2) is 37.8 Å². The lowest BCUT2D eigenvalue weighted by molar-refractivity contribution is -0.143. The summed E-state index contributed by atoms with van der Waals surface area (Å²) in [4.78, 5) is 27.9. The molecule has 2 aromatic rings. The number of esters is 1. The van der Waals surface area contributed by atoms with Crippen molar-refractivity contribution in [2.75, 3.05) is 26.1 Å². The summed E-state index contributed by atoms with van der Waals surface area (Å²) >= 11 is 0. The molecule has 0 bridgehead atoms. The van der Waals surface area contributed by atoms with Gasteiger partial charge in [-0.1, -0.05) is 0 Å². The molecule has 1 heterocycles. The van der Waals surface area contributed by atoms with Gasteiger partial charge in [0.1, 0.15) is 11.6 Å². The molecule has 0 amide bonds. The summed E-state index contributed by atoms with van der Waals surface area (Å²) < 4.78 is 20.4. The van der Waals surface area contributed by atoms with Crippen LogP contribution < -0.4 is 20.4 Å². The molecule has 0 fully saturated rings. The first kappa shape index (κ1) is 16.6. The van der Waals surface area contributed by atoms with E-state index < -0.39 is 17.6 Å².